The lowest BCUT2D eigenvalue weighted by molar-refractivity contribution is 0.0684. The normalized spacial score (nSPS) is 16.0. The minimum atomic E-state index is -0.511. The Morgan fingerprint density at radius 3 is 2.43 bits per heavy atom. The van der Waals surface area contributed by atoms with E-state index in [0.29, 0.717) is 17.1 Å². The fourth-order valence-electron chi connectivity index (χ4n) is 3.89. The van der Waals surface area contributed by atoms with Crippen molar-refractivity contribution in [2.45, 2.75) is 12.7 Å². The molecule has 5 nitrogen and oxygen atoms in total. The number of aromatic nitrogens is 2. The highest BCUT2D eigenvalue weighted by Gasteiger charge is 2.39. The lowest BCUT2D eigenvalue weighted by Gasteiger charge is -2.26. The highest BCUT2D eigenvalue weighted by molar-refractivity contribution is 6.30. The van der Waals surface area contributed by atoms with E-state index in [9.17, 15) is 9.59 Å². The quantitative estimate of drug-likeness (QED) is 0.571. The fraction of sp³-hybridized carbons (Fsp3) is 0.0909. The van der Waals surface area contributed by atoms with E-state index in [0.717, 1.165) is 22.2 Å². The van der Waals surface area contributed by atoms with Crippen molar-refractivity contribution < 1.29 is 4.79 Å². The van der Waals surface area contributed by atoms with Crippen LogP contribution in [0.2, 0.25) is 5.02 Å². The monoisotopic (exact) mass is 389 g/mol. The van der Waals surface area contributed by atoms with Crippen molar-refractivity contribution in [2.24, 2.45) is 0 Å². The minimum Gasteiger partial charge on any atom is -0.309 e. The molecule has 0 saturated carbocycles. The van der Waals surface area contributed by atoms with E-state index in [1.54, 1.807) is 21.6 Å². The Balaban J connectivity index is 1.69. The van der Waals surface area contributed by atoms with Gasteiger partial charge in [-0.25, -0.2) is 4.79 Å². The van der Waals surface area contributed by atoms with E-state index in [-0.39, 0.29) is 11.6 Å². The highest BCUT2D eigenvalue weighted by Crippen LogP contribution is 2.36. The van der Waals surface area contributed by atoms with E-state index in [1.165, 1.54) is 0 Å². The number of rotatable bonds is 3. The predicted octanol–water partition coefficient (Wildman–Crippen LogP) is 4.19. The van der Waals surface area contributed by atoms with Crippen LogP contribution in [-0.4, -0.2) is 20.4 Å². The van der Waals surface area contributed by atoms with Gasteiger partial charge in [0.15, 0.2) is 0 Å². The Kier molecular flexibility index (Phi) is 3.84. The summed E-state index contributed by atoms with van der Waals surface area (Å²) in [7, 11) is 0. The van der Waals surface area contributed by atoms with Crippen LogP contribution in [-0.2, 0) is 6.54 Å². The molecule has 1 amide bonds. The van der Waals surface area contributed by atoms with Crippen LogP contribution in [0.3, 0.4) is 0 Å². The van der Waals surface area contributed by atoms with Crippen LogP contribution >= 0.6 is 11.6 Å². The molecule has 2 heterocycles. The van der Waals surface area contributed by atoms with E-state index >= 15 is 0 Å². The van der Waals surface area contributed by atoms with Crippen molar-refractivity contribution in [3.8, 4) is 0 Å². The van der Waals surface area contributed by atoms with Crippen molar-refractivity contribution >= 4 is 28.5 Å². The number of para-hydroxylation sites is 2. The number of carbonyl (C=O) groups excluding carboxylic acids is 1. The van der Waals surface area contributed by atoms with Gasteiger partial charge in [0.1, 0.15) is 6.17 Å². The standard InChI is InChI=1S/C22H16ClN3O2/c23-15-11-9-14(10-12-15)13-25-20(16-5-1-2-6-17(16)21(25)27)26-19-8-4-3-7-18(19)24-22(26)28/h1-12,20H,13H2,(H,24,28). The largest absolute Gasteiger partial charge is 0.328 e. The molecule has 0 fully saturated rings. The number of H-pyrrole nitrogens is 1. The van der Waals surface area contributed by atoms with E-state index in [4.69, 9.17) is 11.6 Å². The average molecular weight is 390 g/mol. The Hall–Kier alpha value is -3.31. The number of fused-ring (bicyclic) bond motifs is 2. The van der Waals surface area contributed by atoms with Gasteiger partial charge in [-0.15, -0.1) is 0 Å². The first-order valence-electron chi connectivity index (χ1n) is 8.97. The van der Waals surface area contributed by atoms with Crippen LogP contribution in [0.1, 0.15) is 27.7 Å². The average Bonchev–Trinajstić information content (AvgIpc) is 3.17. The van der Waals surface area contributed by atoms with Crippen LogP contribution in [0, 0.1) is 0 Å². The first kappa shape index (κ1) is 16.8. The van der Waals surface area contributed by atoms with Crippen molar-refractivity contribution in [3.05, 3.63) is 105 Å². The molecule has 28 heavy (non-hydrogen) atoms. The molecule has 0 radical (unpaired) electrons. The lowest BCUT2D eigenvalue weighted by atomic mass is 10.1. The molecule has 3 aromatic carbocycles. The molecule has 1 unspecified atom stereocenters. The molecule has 0 aliphatic carbocycles. The molecule has 1 N–H and O–H groups in total. The van der Waals surface area contributed by atoms with Gasteiger partial charge >= 0.3 is 5.69 Å². The fourth-order valence-corrected chi connectivity index (χ4v) is 4.02. The number of benzene rings is 3. The second-order valence-corrected chi connectivity index (χ2v) is 7.27. The molecule has 0 saturated heterocycles. The number of carbonyl (C=O) groups is 1. The van der Waals surface area contributed by atoms with Crippen molar-refractivity contribution in [3.63, 3.8) is 0 Å². The third-order valence-corrected chi connectivity index (χ3v) is 5.41. The molecule has 6 heteroatoms. The van der Waals surface area contributed by atoms with Gasteiger partial charge in [0, 0.05) is 22.7 Å². The van der Waals surface area contributed by atoms with Gasteiger partial charge in [-0.2, -0.15) is 0 Å². The zero-order chi connectivity index (χ0) is 19.3. The summed E-state index contributed by atoms with van der Waals surface area (Å²) in [6.45, 7) is 0.376. The zero-order valence-corrected chi connectivity index (χ0v) is 15.6. The molecule has 0 spiro atoms. The maximum atomic E-state index is 13.2. The summed E-state index contributed by atoms with van der Waals surface area (Å²) in [5.74, 6) is -0.0901. The maximum Gasteiger partial charge on any atom is 0.328 e. The summed E-state index contributed by atoms with van der Waals surface area (Å²) in [5.41, 5.74) is 3.67. The van der Waals surface area contributed by atoms with Gasteiger partial charge in [0.25, 0.3) is 5.91 Å². The van der Waals surface area contributed by atoms with Gasteiger partial charge in [-0.05, 0) is 35.9 Å². The van der Waals surface area contributed by atoms with Gasteiger partial charge in [0.05, 0.1) is 11.0 Å². The molecule has 1 aliphatic rings. The summed E-state index contributed by atoms with van der Waals surface area (Å²) < 4.78 is 1.66. The van der Waals surface area contributed by atoms with E-state index in [2.05, 4.69) is 4.98 Å². The Morgan fingerprint density at radius 2 is 1.61 bits per heavy atom. The predicted molar refractivity (Wildman–Crippen MR) is 108 cm³/mol. The number of hydrogen-bond donors (Lipinski definition) is 1. The molecule has 4 aromatic rings. The number of halogens is 1. The van der Waals surface area contributed by atoms with Gasteiger partial charge in [-0.1, -0.05) is 54.1 Å². The van der Waals surface area contributed by atoms with Gasteiger partial charge in [0.2, 0.25) is 0 Å². The summed E-state index contributed by atoms with van der Waals surface area (Å²) in [6.07, 6.45) is -0.511. The molecule has 1 aliphatic heterocycles. The maximum absolute atomic E-state index is 13.2. The zero-order valence-electron chi connectivity index (χ0n) is 14.8. The van der Waals surface area contributed by atoms with Gasteiger partial charge < -0.3 is 9.88 Å². The highest BCUT2D eigenvalue weighted by atomic mass is 35.5. The SMILES string of the molecule is O=C1c2ccccc2C(n2c(=O)[nH]c3ccccc32)N1Cc1ccc(Cl)cc1. The van der Waals surface area contributed by atoms with E-state index in [1.807, 2.05) is 60.7 Å². The Labute approximate surface area is 165 Å². The summed E-state index contributed by atoms with van der Waals surface area (Å²) in [6, 6.07) is 22.4. The summed E-state index contributed by atoms with van der Waals surface area (Å²) >= 11 is 6.00. The molecule has 1 atom stereocenters. The Morgan fingerprint density at radius 1 is 0.893 bits per heavy atom. The molecule has 138 valence electrons. The van der Waals surface area contributed by atoms with Crippen molar-refractivity contribution in [1.29, 1.82) is 0 Å². The van der Waals surface area contributed by atoms with Gasteiger partial charge in [-0.3, -0.25) is 9.36 Å². The molecule has 1 aromatic heterocycles. The number of hydrogen-bond acceptors (Lipinski definition) is 2. The smallest absolute Gasteiger partial charge is 0.309 e. The summed E-state index contributed by atoms with van der Waals surface area (Å²) in [4.78, 5) is 30.7. The van der Waals surface area contributed by atoms with Crippen LogP contribution in [0.4, 0.5) is 0 Å². The lowest BCUT2D eigenvalue weighted by Crippen LogP contribution is -2.35. The summed E-state index contributed by atoms with van der Waals surface area (Å²) in [5, 5.41) is 0.643. The third kappa shape index (κ3) is 2.55. The van der Waals surface area contributed by atoms with E-state index < -0.39 is 6.17 Å². The van der Waals surface area contributed by atoms with Crippen molar-refractivity contribution in [1.82, 2.24) is 14.5 Å². The molecule has 5 rings (SSSR count). The number of nitrogens with one attached hydrogen (secondary N) is 1. The number of imidazole rings is 1. The molecular formula is C22H16ClN3O2. The second kappa shape index (κ2) is 6.39. The number of nitrogens with zero attached hydrogens (tertiary/aromatic N) is 2. The van der Waals surface area contributed by atoms with Crippen LogP contribution in [0.5, 0.6) is 0 Å². The number of amides is 1. The Bertz CT molecular complexity index is 1260. The van der Waals surface area contributed by atoms with Crippen molar-refractivity contribution in [2.75, 3.05) is 0 Å². The van der Waals surface area contributed by atoms with Crippen LogP contribution in [0.25, 0.3) is 11.0 Å². The first-order valence-corrected chi connectivity index (χ1v) is 9.35. The molecular weight excluding hydrogens is 374 g/mol. The first-order chi connectivity index (χ1) is 13.6. The minimum absolute atomic E-state index is 0.0901. The number of aromatic amines is 1. The van der Waals surface area contributed by atoms with Crippen LogP contribution < -0.4 is 5.69 Å². The molecule has 0 bridgehead atoms. The van der Waals surface area contributed by atoms with Crippen LogP contribution in [0.15, 0.2) is 77.6 Å². The third-order valence-electron chi connectivity index (χ3n) is 5.16. The topological polar surface area (TPSA) is 58.1 Å². The second-order valence-electron chi connectivity index (χ2n) is 6.84.